The van der Waals surface area contributed by atoms with Crippen molar-refractivity contribution in [1.29, 1.82) is 0 Å². The maximum absolute atomic E-state index is 11.1. The van der Waals surface area contributed by atoms with Gasteiger partial charge in [0.2, 0.25) is 5.91 Å². The highest BCUT2D eigenvalue weighted by Gasteiger charge is 2.24. The van der Waals surface area contributed by atoms with Gasteiger partial charge in [-0.3, -0.25) is 4.79 Å². The van der Waals surface area contributed by atoms with Gasteiger partial charge in [0.25, 0.3) is 0 Å². The Bertz CT molecular complexity index is 445. The molecule has 1 aromatic carbocycles. The second-order valence-corrected chi connectivity index (χ2v) is 5.96. The number of β-amino-alcohol motifs (C(OH)–C–C–N with tert-alkyl or cyclic N) is 1. The van der Waals surface area contributed by atoms with Crippen molar-refractivity contribution in [3.63, 3.8) is 0 Å². The molecule has 0 aromatic heterocycles. The molecule has 104 valence electrons. The number of amides is 1. The molecule has 3 N–H and O–H groups in total. The highest BCUT2D eigenvalue weighted by molar-refractivity contribution is 9.10. The molecular formula is C14H19BrN2O2. The number of carbonyl (C=O) groups is 1. The van der Waals surface area contributed by atoms with Crippen molar-refractivity contribution in [2.75, 3.05) is 19.6 Å². The molecule has 1 aliphatic heterocycles. The highest BCUT2D eigenvalue weighted by atomic mass is 79.9. The van der Waals surface area contributed by atoms with Crippen molar-refractivity contribution in [3.8, 4) is 0 Å². The molecule has 1 heterocycles. The molecule has 0 aliphatic carbocycles. The molecular weight excluding hydrogens is 308 g/mol. The van der Waals surface area contributed by atoms with Crippen molar-refractivity contribution >= 4 is 21.8 Å². The number of likely N-dealkylation sites (tertiary alicyclic amines) is 1. The Labute approximate surface area is 121 Å². The summed E-state index contributed by atoms with van der Waals surface area (Å²) in [6.45, 7) is 2.24. The number of nitrogens with zero attached hydrogens (tertiary/aromatic N) is 1. The normalized spacial score (nSPS) is 19.3. The number of hydrogen-bond donors (Lipinski definition) is 2. The first-order chi connectivity index (χ1) is 9.06. The summed E-state index contributed by atoms with van der Waals surface area (Å²) in [4.78, 5) is 13.3. The van der Waals surface area contributed by atoms with Gasteiger partial charge in [0.1, 0.15) is 0 Å². The zero-order valence-corrected chi connectivity index (χ0v) is 12.3. The molecule has 1 amide bonds. The summed E-state index contributed by atoms with van der Waals surface area (Å²) in [5.41, 5.74) is 6.22. The van der Waals surface area contributed by atoms with Crippen LogP contribution in [0.2, 0.25) is 0 Å². The Kier molecular flexibility index (Phi) is 4.96. The molecule has 2 rings (SSSR count). The number of rotatable bonds is 4. The quantitative estimate of drug-likeness (QED) is 0.884. The number of benzene rings is 1. The first kappa shape index (κ1) is 14.5. The van der Waals surface area contributed by atoms with Crippen LogP contribution in [-0.2, 0) is 4.79 Å². The smallest absolute Gasteiger partial charge is 0.220 e. The maximum Gasteiger partial charge on any atom is 0.220 e. The number of carbonyl (C=O) groups excluding carboxylic acids is 1. The van der Waals surface area contributed by atoms with Gasteiger partial charge >= 0.3 is 0 Å². The molecule has 1 atom stereocenters. The van der Waals surface area contributed by atoms with Crippen molar-refractivity contribution in [2.24, 2.45) is 11.7 Å². The van der Waals surface area contributed by atoms with Crippen LogP contribution in [-0.4, -0.2) is 35.5 Å². The highest BCUT2D eigenvalue weighted by Crippen LogP contribution is 2.22. The maximum atomic E-state index is 11.1. The lowest BCUT2D eigenvalue weighted by Crippen LogP contribution is -2.40. The van der Waals surface area contributed by atoms with Crippen LogP contribution in [0.1, 0.15) is 24.5 Å². The largest absolute Gasteiger partial charge is 0.387 e. The Balaban J connectivity index is 1.87. The van der Waals surface area contributed by atoms with E-state index < -0.39 is 6.10 Å². The van der Waals surface area contributed by atoms with Crippen LogP contribution in [0.4, 0.5) is 0 Å². The Hall–Kier alpha value is -0.910. The summed E-state index contributed by atoms with van der Waals surface area (Å²) < 4.78 is 0.969. The minimum atomic E-state index is -0.498. The molecule has 1 fully saturated rings. The van der Waals surface area contributed by atoms with Gasteiger partial charge in [-0.05, 0) is 43.6 Å². The van der Waals surface area contributed by atoms with Crippen LogP contribution >= 0.6 is 15.9 Å². The minimum Gasteiger partial charge on any atom is -0.387 e. The molecule has 0 spiro atoms. The first-order valence-electron chi connectivity index (χ1n) is 6.51. The SMILES string of the molecule is NC(=O)C1CCN(CC(O)c2cccc(Br)c2)CC1. The fourth-order valence-corrected chi connectivity index (χ4v) is 2.88. The van der Waals surface area contributed by atoms with Gasteiger partial charge in [-0.15, -0.1) is 0 Å². The average molecular weight is 327 g/mol. The predicted molar refractivity (Wildman–Crippen MR) is 77.5 cm³/mol. The van der Waals surface area contributed by atoms with E-state index in [0.717, 1.165) is 36.0 Å². The summed E-state index contributed by atoms with van der Waals surface area (Å²) in [5.74, 6) is -0.202. The third kappa shape index (κ3) is 4.03. The molecule has 1 aromatic rings. The van der Waals surface area contributed by atoms with Crippen molar-refractivity contribution in [1.82, 2.24) is 4.90 Å². The molecule has 5 heteroatoms. The number of hydrogen-bond acceptors (Lipinski definition) is 3. The minimum absolute atomic E-state index is 0.000683. The molecule has 0 radical (unpaired) electrons. The zero-order chi connectivity index (χ0) is 13.8. The van der Waals surface area contributed by atoms with Gasteiger partial charge in [0.15, 0.2) is 0 Å². The van der Waals surface area contributed by atoms with Crippen molar-refractivity contribution in [3.05, 3.63) is 34.3 Å². The fourth-order valence-electron chi connectivity index (χ4n) is 2.46. The summed E-state index contributed by atoms with van der Waals surface area (Å²) in [6.07, 6.45) is 1.09. The topological polar surface area (TPSA) is 66.6 Å². The molecule has 1 saturated heterocycles. The first-order valence-corrected chi connectivity index (χ1v) is 7.31. The van der Waals surface area contributed by atoms with E-state index >= 15 is 0 Å². The monoisotopic (exact) mass is 326 g/mol. The second kappa shape index (κ2) is 6.50. The van der Waals surface area contributed by atoms with E-state index in [4.69, 9.17) is 5.73 Å². The predicted octanol–water partition coefficient (Wildman–Crippen LogP) is 1.68. The van der Waals surface area contributed by atoms with Gasteiger partial charge in [0, 0.05) is 16.9 Å². The number of piperidine rings is 1. The molecule has 1 aliphatic rings. The molecule has 4 nitrogen and oxygen atoms in total. The van der Waals surface area contributed by atoms with Crippen LogP contribution in [0.5, 0.6) is 0 Å². The number of aliphatic hydroxyl groups excluding tert-OH is 1. The van der Waals surface area contributed by atoms with Gasteiger partial charge < -0.3 is 15.7 Å². The summed E-state index contributed by atoms with van der Waals surface area (Å²) >= 11 is 3.40. The Morgan fingerprint density at radius 3 is 2.74 bits per heavy atom. The number of nitrogens with two attached hydrogens (primary N) is 1. The summed E-state index contributed by atoms with van der Waals surface area (Å²) in [5, 5.41) is 10.2. The Morgan fingerprint density at radius 1 is 1.47 bits per heavy atom. The van der Waals surface area contributed by atoms with Crippen molar-refractivity contribution < 1.29 is 9.90 Å². The van der Waals surface area contributed by atoms with Crippen LogP contribution in [0.3, 0.4) is 0 Å². The van der Waals surface area contributed by atoms with E-state index in [9.17, 15) is 9.90 Å². The fraction of sp³-hybridized carbons (Fsp3) is 0.500. The Morgan fingerprint density at radius 2 is 2.16 bits per heavy atom. The summed E-state index contributed by atoms with van der Waals surface area (Å²) in [6, 6.07) is 7.71. The van der Waals surface area contributed by atoms with E-state index in [1.807, 2.05) is 24.3 Å². The van der Waals surface area contributed by atoms with E-state index in [1.54, 1.807) is 0 Å². The number of primary amides is 1. The third-order valence-electron chi connectivity index (χ3n) is 3.65. The lowest BCUT2D eigenvalue weighted by atomic mass is 9.96. The van der Waals surface area contributed by atoms with E-state index in [0.29, 0.717) is 6.54 Å². The molecule has 0 bridgehead atoms. The van der Waals surface area contributed by atoms with Gasteiger partial charge in [-0.2, -0.15) is 0 Å². The van der Waals surface area contributed by atoms with E-state index in [2.05, 4.69) is 20.8 Å². The standard InChI is InChI=1S/C14H19BrN2O2/c15-12-3-1-2-11(8-12)13(18)9-17-6-4-10(5-7-17)14(16)19/h1-3,8,10,13,18H,4-7,9H2,(H2,16,19). The molecule has 1 unspecified atom stereocenters. The van der Waals surface area contributed by atoms with Crippen LogP contribution < -0.4 is 5.73 Å². The average Bonchev–Trinajstić information content (AvgIpc) is 2.39. The van der Waals surface area contributed by atoms with Gasteiger partial charge in [0.05, 0.1) is 6.10 Å². The van der Waals surface area contributed by atoms with Crippen LogP contribution in [0.15, 0.2) is 28.7 Å². The van der Waals surface area contributed by atoms with Crippen LogP contribution in [0, 0.1) is 5.92 Å². The van der Waals surface area contributed by atoms with Crippen LogP contribution in [0.25, 0.3) is 0 Å². The third-order valence-corrected chi connectivity index (χ3v) is 4.15. The zero-order valence-electron chi connectivity index (χ0n) is 10.8. The second-order valence-electron chi connectivity index (χ2n) is 5.05. The van der Waals surface area contributed by atoms with E-state index in [1.165, 1.54) is 0 Å². The van der Waals surface area contributed by atoms with Gasteiger partial charge in [-0.1, -0.05) is 28.1 Å². The van der Waals surface area contributed by atoms with Gasteiger partial charge in [-0.25, -0.2) is 0 Å². The lowest BCUT2D eigenvalue weighted by molar-refractivity contribution is -0.123. The molecule has 0 saturated carbocycles. The lowest BCUT2D eigenvalue weighted by Gasteiger charge is -2.31. The number of aliphatic hydroxyl groups is 1. The molecule has 19 heavy (non-hydrogen) atoms. The van der Waals surface area contributed by atoms with E-state index in [-0.39, 0.29) is 11.8 Å². The summed E-state index contributed by atoms with van der Waals surface area (Å²) in [7, 11) is 0. The number of halogens is 1. The van der Waals surface area contributed by atoms with Crippen molar-refractivity contribution in [2.45, 2.75) is 18.9 Å².